The summed E-state index contributed by atoms with van der Waals surface area (Å²) >= 11 is 0. The van der Waals surface area contributed by atoms with E-state index in [-0.39, 0.29) is 17.8 Å². The monoisotopic (exact) mass is 437 g/mol. The van der Waals surface area contributed by atoms with Crippen molar-refractivity contribution >= 4 is 11.6 Å². The Morgan fingerprint density at radius 3 is 2.59 bits per heavy atom. The topological polar surface area (TPSA) is 54.0 Å². The van der Waals surface area contributed by atoms with Crippen LogP contribution in [0.25, 0.3) is 0 Å². The number of amides is 1. The molecule has 32 heavy (non-hydrogen) atoms. The summed E-state index contributed by atoms with van der Waals surface area (Å²) < 4.78 is 18.7. The molecule has 1 amide bonds. The minimum Gasteiger partial charge on any atom is -0.379 e. The number of hydrogen-bond acceptors (Lipinski definition) is 5. The summed E-state index contributed by atoms with van der Waals surface area (Å²) in [6, 6.07) is 15.4. The molecule has 2 aliphatic heterocycles. The van der Waals surface area contributed by atoms with Crippen LogP contribution in [-0.4, -0.2) is 50.3 Å². The van der Waals surface area contributed by atoms with Crippen LogP contribution in [0.5, 0.6) is 0 Å². The third kappa shape index (κ3) is 5.24. The molecule has 2 saturated heterocycles. The molecule has 2 heterocycles. The lowest BCUT2D eigenvalue weighted by molar-refractivity contribution is -0.119. The first-order valence-corrected chi connectivity index (χ1v) is 10.9. The summed E-state index contributed by atoms with van der Waals surface area (Å²) in [5.74, 6) is -0.474. The Kier molecular flexibility index (Phi) is 7.32. The first-order chi connectivity index (χ1) is 15.6. The first-order valence-electron chi connectivity index (χ1n) is 10.9. The lowest BCUT2D eigenvalue weighted by Crippen LogP contribution is -2.49. The van der Waals surface area contributed by atoms with Crippen LogP contribution in [0.4, 0.5) is 10.1 Å². The van der Waals surface area contributed by atoms with Crippen molar-refractivity contribution in [2.45, 2.75) is 12.5 Å². The second kappa shape index (κ2) is 10.5. The zero-order valence-corrected chi connectivity index (χ0v) is 18.0. The van der Waals surface area contributed by atoms with Gasteiger partial charge in [-0.2, -0.15) is 0 Å². The number of anilines is 1. The van der Waals surface area contributed by atoms with Crippen LogP contribution in [0, 0.1) is 5.82 Å². The van der Waals surface area contributed by atoms with Crippen LogP contribution < -0.4 is 10.4 Å². The molecule has 6 nitrogen and oxygen atoms in total. The molecular weight excluding hydrogens is 409 g/mol. The molecule has 2 aromatic rings. The van der Waals surface area contributed by atoms with Crippen LogP contribution >= 0.6 is 0 Å². The van der Waals surface area contributed by atoms with Crippen molar-refractivity contribution in [2.24, 2.45) is 0 Å². The summed E-state index contributed by atoms with van der Waals surface area (Å²) in [6.07, 6.45) is 2.61. The predicted octanol–water partition coefficient (Wildman–Crippen LogP) is 3.60. The smallest absolute Gasteiger partial charge is 0.257 e. The van der Waals surface area contributed by atoms with Crippen molar-refractivity contribution in [3.63, 3.8) is 0 Å². The summed E-state index contributed by atoms with van der Waals surface area (Å²) in [5.41, 5.74) is 5.59. The second-order valence-electron chi connectivity index (χ2n) is 7.85. The van der Waals surface area contributed by atoms with E-state index in [1.807, 2.05) is 30.3 Å². The third-order valence-corrected chi connectivity index (χ3v) is 5.60. The number of nitrogens with one attached hydrogen (secondary N) is 1. The van der Waals surface area contributed by atoms with Crippen molar-refractivity contribution in [3.05, 3.63) is 89.9 Å². The van der Waals surface area contributed by atoms with E-state index in [0.29, 0.717) is 23.6 Å². The van der Waals surface area contributed by atoms with E-state index >= 15 is 0 Å². The molecule has 4 rings (SSSR count). The highest BCUT2D eigenvalue weighted by atomic mass is 19.1. The van der Waals surface area contributed by atoms with Crippen molar-refractivity contribution in [1.82, 2.24) is 10.4 Å². The van der Waals surface area contributed by atoms with Crippen molar-refractivity contribution in [3.8, 4) is 0 Å². The zero-order chi connectivity index (χ0) is 22.3. The Balaban J connectivity index is 1.36. The molecule has 0 aliphatic carbocycles. The van der Waals surface area contributed by atoms with Gasteiger partial charge in [-0.3, -0.25) is 24.9 Å². The van der Waals surface area contributed by atoms with E-state index in [1.54, 1.807) is 23.1 Å². The number of rotatable bonds is 9. The van der Waals surface area contributed by atoms with Crippen molar-refractivity contribution in [1.29, 1.82) is 0 Å². The van der Waals surface area contributed by atoms with E-state index in [1.165, 1.54) is 12.1 Å². The molecule has 0 radical (unpaired) electrons. The van der Waals surface area contributed by atoms with Gasteiger partial charge in [0.1, 0.15) is 5.82 Å². The maximum Gasteiger partial charge on any atom is 0.257 e. The lowest BCUT2D eigenvalue weighted by Gasteiger charge is -2.43. The number of benzene rings is 2. The van der Waals surface area contributed by atoms with Gasteiger partial charge in [-0.15, -0.1) is 0 Å². The fourth-order valence-electron chi connectivity index (χ4n) is 3.96. The molecule has 2 aliphatic rings. The van der Waals surface area contributed by atoms with E-state index in [4.69, 9.17) is 9.57 Å². The largest absolute Gasteiger partial charge is 0.379 e. The van der Waals surface area contributed by atoms with Crippen LogP contribution in [0.15, 0.2) is 78.5 Å². The van der Waals surface area contributed by atoms with Gasteiger partial charge < -0.3 is 4.74 Å². The lowest BCUT2D eigenvalue weighted by atomic mass is 9.86. The Bertz CT molecular complexity index is 956. The first kappa shape index (κ1) is 22.2. The maximum atomic E-state index is 13.4. The molecule has 1 N–H and O–H groups in total. The fourth-order valence-corrected chi connectivity index (χ4v) is 3.96. The number of allylic oxidation sites excluding steroid dienone is 1. The Labute approximate surface area is 187 Å². The standard InChI is InChI=1S/C25H28FN3O3/c1-19(27-32-15-5-12-28-13-16-31-17-14-28)18-23-24(20-6-3-2-4-7-20)29(25(23)30)22-10-8-21(26)9-11-22/h2-4,6-11,18,24,27H,1,5,12-17H2. The number of hydrogen-bond donors (Lipinski definition) is 1. The van der Waals surface area contributed by atoms with Crippen molar-refractivity contribution in [2.75, 3.05) is 44.4 Å². The Morgan fingerprint density at radius 1 is 1.16 bits per heavy atom. The number of β-lactam (4-membered cyclic amide) rings is 1. The Hall–Kier alpha value is -3.00. The predicted molar refractivity (Wildman–Crippen MR) is 121 cm³/mol. The molecule has 0 bridgehead atoms. The van der Waals surface area contributed by atoms with Gasteiger partial charge in [0, 0.05) is 30.9 Å². The molecule has 7 heteroatoms. The van der Waals surface area contributed by atoms with Crippen LogP contribution in [0.1, 0.15) is 18.0 Å². The van der Waals surface area contributed by atoms with Gasteiger partial charge in [-0.1, -0.05) is 36.9 Å². The van der Waals surface area contributed by atoms with Gasteiger partial charge in [-0.25, -0.2) is 4.39 Å². The summed E-state index contributed by atoms with van der Waals surface area (Å²) in [7, 11) is 0. The molecule has 2 fully saturated rings. The fraction of sp³-hybridized carbons (Fsp3) is 0.320. The quantitative estimate of drug-likeness (QED) is 0.281. The minimum absolute atomic E-state index is 0.138. The van der Waals surface area contributed by atoms with E-state index < -0.39 is 0 Å². The molecule has 0 saturated carbocycles. The number of halogens is 1. The number of hydroxylamine groups is 1. The van der Waals surface area contributed by atoms with E-state index in [2.05, 4.69) is 17.0 Å². The second-order valence-corrected chi connectivity index (χ2v) is 7.85. The molecular formula is C25H28FN3O3. The number of carbonyl (C=O) groups excluding carboxylic acids is 1. The molecule has 0 aromatic heterocycles. The minimum atomic E-state index is -0.336. The molecule has 0 spiro atoms. The summed E-state index contributed by atoms with van der Waals surface area (Å²) in [6.45, 7) is 8.96. The third-order valence-electron chi connectivity index (χ3n) is 5.60. The van der Waals surface area contributed by atoms with Crippen LogP contribution in [0.2, 0.25) is 0 Å². The highest BCUT2D eigenvalue weighted by Crippen LogP contribution is 2.43. The molecule has 168 valence electrons. The van der Waals surface area contributed by atoms with Crippen molar-refractivity contribution < 1.29 is 18.8 Å². The highest BCUT2D eigenvalue weighted by Gasteiger charge is 2.43. The highest BCUT2D eigenvalue weighted by molar-refractivity contribution is 6.15. The molecule has 1 unspecified atom stereocenters. The molecule has 2 aromatic carbocycles. The number of ether oxygens (including phenoxy) is 1. The average Bonchev–Trinajstić information content (AvgIpc) is 2.83. The van der Waals surface area contributed by atoms with E-state index in [0.717, 1.165) is 44.8 Å². The number of morpholine rings is 1. The Morgan fingerprint density at radius 2 is 1.88 bits per heavy atom. The number of carbonyl (C=O) groups is 1. The van der Waals surface area contributed by atoms with Gasteiger partial charge in [0.2, 0.25) is 0 Å². The molecule has 1 atom stereocenters. The van der Waals surface area contributed by atoms with Gasteiger partial charge in [0.25, 0.3) is 5.91 Å². The summed E-state index contributed by atoms with van der Waals surface area (Å²) in [5, 5.41) is 0. The van der Waals surface area contributed by atoms with Crippen LogP contribution in [-0.2, 0) is 14.4 Å². The summed E-state index contributed by atoms with van der Waals surface area (Å²) in [4.78, 5) is 22.5. The average molecular weight is 438 g/mol. The zero-order valence-electron chi connectivity index (χ0n) is 18.0. The normalized spacial score (nSPS) is 20.3. The van der Waals surface area contributed by atoms with Crippen LogP contribution in [0.3, 0.4) is 0 Å². The number of nitrogens with zero attached hydrogens (tertiary/aromatic N) is 2. The maximum absolute atomic E-state index is 13.4. The van der Waals surface area contributed by atoms with Gasteiger partial charge in [-0.05, 0) is 42.3 Å². The SMILES string of the molecule is C=C(C=C1C(=O)N(c2ccc(F)cc2)C1c1ccccc1)NOCCCN1CCOCC1. The van der Waals surface area contributed by atoms with Gasteiger partial charge >= 0.3 is 0 Å². The van der Waals surface area contributed by atoms with Gasteiger partial charge in [0.05, 0.1) is 31.6 Å². The van der Waals surface area contributed by atoms with Gasteiger partial charge in [0.15, 0.2) is 0 Å². The van der Waals surface area contributed by atoms with E-state index in [9.17, 15) is 9.18 Å².